The number of hydrogen-bond acceptors (Lipinski definition) is 2. The van der Waals surface area contributed by atoms with Gasteiger partial charge in [0.05, 0.1) is 0 Å². The van der Waals surface area contributed by atoms with Gasteiger partial charge in [0.1, 0.15) is 0 Å². The molecule has 2 bridgehead atoms. The number of hydrogen-bond donors (Lipinski definition) is 1. The first-order valence-electron chi connectivity index (χ1n) is 8.88. The van der Waals surface area contributed by atoms with Gasteiger partial charge in [-0.2, -0.15) is 0 Å². The number of benzene rings is 1. The summed E-state index contributed by atoms with van der Waals surface area (Å²) in [6.45, 7) is 2.43. The van der Waals surface area contributed by atoms with Crippen LogP contribution in [0.2, 0.25) is 0 Å². The highest BCUT2D eigenvalue weighted by Crippen LogP contribution is 2.56. The molecule has 2 heterocycles. The van der Waals surface area contributed by atoms with Crippen LogP contribution in [0.25, 0.3) is 0 Å². The van der Waals surface area contributed by atoms with E-state index in [2.05, 4.69) is 29.4 Å². The molecule has 2 aliphatic heterocycles. The molecule has 112 valence electrons. The maximum Gasteiger partial charge on any atom is 0.0376 e. The lowest BCUT2D eigenvalue weighted by atomic mass is 9.52. The summed E-state index contributed by atoms with van der Waals surface area (Å²) in [5.74, 6) is 0.914. The molecule has 2 aliphatic carbocycles. The van der Waals surface area contributed by atoms with Gasteiger partial charge >= 0.3 is 0 Å². The first kappa shape index (κ1) is 12.5. The largest absolute Gasteiger partial charge is 0.384 e. The van der Waals surface area contributed by atoms with Gasteiger partial charge in [-0.1, -0.05) is 18.9 Å². The van der Waals surface area contributed by atoms with E-state index in [1.54, 1.807) is 16.7 Å². The highest BCUT2D eigenvalue weighted by Gasteiger charge is 2.53. The number of nitrogens with one attached hydrogen (secondary N) is 1. The fraction of sp³-hybridized carbons (Fsp3) is 0.684. The van der Waals surface area contributed by atoms with Crippen LogP contribution in [-0.2, 0) is 18.3 Å². The van der Waals surface area contributed by atoms with Crippen molar-refractivity contribution in [2.24, 2.45) is 5.92 Å². The summed E-state index contributed by atoms with van der Waals surface area (Å²) >= 11 is 0. The lowest BCUT2D eigenvalue weighted by Crippen LogP contribution is -2.59. The number of nitrogens with zero attached hydrogens (tertiary/aromatic N) is 1. The van der Waals surface area contributed by atoms with Crippen molar-refractivity contribution < 1.29 is 0 Å². The third kappa shape index (κ3) is 1.57. The molecular formula is C19H26N2. The van der Waals surface area contributed by atoms with Gasteiger partial charge in [0.2, 0.25) is 0 Å². The molecule has 21 heavy (non-hydrogen) atoms. The smallest absolute Gasteiger partial charge is 0.0376 e. The zero-order valence-corrected chi connectivity index (χ0v) is 13.1. The molecular weight excluding hydrogens is 256 g/mol. The van der Waals surface area contributed by atoms with E-state index in [1.807, 2.05) is 0 Å². The molecule has 0 aromatic heterocycles. The molecule has 2 heteroatoms. The van der Waals surface area contributed by atoms with Gasteiger partial charge in [0.15, 0.2) is 0 Å². The molecule has 0 amide bonds. The monoisotopic (exact) mass is 282 g/mol. The minimum absolute atomic E-state index is 0.516. The molecule has 0 radical (unpaired) electrons. The second kappa shape index (κ2) is 4.25. The Morgan fingerprint density at radius 1 is 1.19 bits per heavy atom. The Balaban J connectivity index is 1.71. The van der Waals surface area contributed by atoms with Crippen LogP contribution in [-0.4, -0.2) is 31.1 Å². The summed E-state index contributed by atoms with van der Waals surface area (Å²) < 4.78 is 0. The Morgan fingerprint density at radius 3 is 3.10 bits per heavy atom. The van der Waals surface area contributed by atoms with Crippen molar-refractivity contribution in [2.45, 2.75) is 56.4 Å². The zero-order chi connectivity index (χ0) is 14.0. The van der Waals surface area contributed by atoms with Gasteiger partial charge in [0, 0.05) is 23.7 Å². The molecule has 1 saturated heterocycles. The molecule has 1 aromatic rings. The van der Waals surface area contributed by atoms with Gasteiger partial charge in [-0.05, 0) is 74.4 Å². The van der Waals surface area contributed by atoms with Crippen LogP contribution < -0.4 is 5.32 Å². The van der Waals surface area contributed by atoms with Crippen molar-refractivity contribution in [1.82, 2.24) is 4.90 Å². The Morgan fingerprint density at radius 2 is 2.14 bits per heavy atom. The minimum atomic E-state index is 0.516. The molecule has 1 N–H and O–H groups in total. The Hall–Kier alpha value is -1.02. The van der Waals surface area contributed by atoms with Crippen molar-refractivity contribution in [3.8, 4) is 0 Å². The SMILES string of the molecule is CN1CCC23CCCCC2C1Cc1cc2c(cc13)NCC2. The molecule has 2 fully saturated rings. The second-order valence-electron chi connectivity index (χ2n) is 7.85. The number of likely N-dealkylation sites (tertiary alicyclic amines) is 1. The summed E-state index contributed by atoms with van der Waals surface area (Å²) in [7, 11) is 2.36. The van der Waals surface area contributed by atoms with Crippen molar-refractivity contribution in [2.75, 3.05) is 25.5 Å². The summed E-state index contributed by atoms with van der Waals surface area (Å²) in [4.78, 5) is 2.67. The van der Waals surface area contributed by atoms with E-state index < -0.39 is 0 Å². The highest BCUT2D eigenvalue weighted by molar-refractivity contribution is 5.61. The predicted molar refractivity (Wildman–Crippen MR) is 87.0 cm³/mol. The van der Waals surface area contributed by atoms with Gasteiger partial charge in [-0.15, -0.1) is 0 Å². The lowest BCUT2D eigenvalue weighted by molar-refractivity contribution is 0.00289. The van der Waals surface area contributed by atoms with E-state index in [0.29, 0.717) is 5.41 Å². The number of likely N-dealkylation sites (N-methyl/N-ethyl adjacent to an activating group) is 1. The van der Waals surface area contributed by atoms with Crippen LogP contribution in [0.4, 0.5) is 5.69 Å². The summed E-state index contributed by atoms with van der Waals surface area (Å²) in [6.07, 6.45) is 9.69. The fourth-order valence-electron chi connectivity index (χ4n) is 6.01. The normalized spacial score (nSPS) is 37.4. The van der Waals surface area contributed by atoms with Gasteiger partial charge in [-0.25, -0.2) is 0 Å². The third-order valence-corrected chi connectivity index (χ3v) is 7.04. The average molecular weight is 282 g/mol. The van der Waals surface area contributed by atoms with E-state index in [9.17, 15) is 0 Å². The van der Waals surface area contributed by atoms with E-state index in [0.717, 1.165) is 18.5 Å². The van der Waals surface area contributed by atoms with Crippen LogP contribution in [0.5, 0.6) is 0 Å². The van der Waals surface area contributed by atoms with Gasteiger partial charge < -0.3 is 10.2 Å². The maximum atomic E-state index is 3.61. The van der Waals surface area contributed by atoms with Crippen LogP contribution >= 0.6 is 0 Å². The molecule has 1 saturated carbocycles. The molecule has 3 unspecified atom stereocenters. The van der Waals surface area contributed by atoms with Crippen molar-refractivity contribution in [3.05, 3.63) is 28.8 Å². The van der Waals surface area contributed by atoms with E-state index >= 15 is 0 Å². The van der Waals surface area contributed by atoms with Crippen LogP contribution in [0.1, 0.15) is 48.8 Å². The molecule has 2 nitrogen and oxygen atoms in total. The number of piperidine rings is 1. The molecule has 1 aromatic carbocycles. The van der Waals surface area contributed by atoms with Crippen LogP contribution in [0, 0.1) is 5.92 Å². The van der Waals surface area contributed by atoms with E-state index in [-0.39, 0.29) is 0 Å². The van der Waals surface area contributed by atoms with Crippen molar-refractivity contribution in [1.29, 1.82) is 0 Å². The van der Waals surface area contributed by atoms with Gasteiger partial charge in [-0.3, -0.25) is 0 Å². The minimum Gasteiger partial charge on any atom is -0.384 e. The first-order chi connectivity index (χ1) is 10.3. The summed E-state index contributed by atoms with van der Waals surface area (Å²) in [6, 6.07) is 5.93. The highest BCUT2D eigenvalue weighted by atomic mass is 15.1. The second-order valence-corrected chi connectivity index (χ2v) is 7.85. The Labute approximate surface area is 127 Å². The average Bonchev–Trinajstić information content (AvgIpc) is 2.96. The topological polar surface area (TPSA) is 15.3 Å². The predicted octanol–water partition coefficient (Wildman–Crippen LogP) is 3.34. The summed E-state index contributed by atoms with van der Waals surface area (Å²) in [5, 5.41) is 3.61. The lowest BCUT2D eigenvalue weighted by Gasteiger charge is -2.58. The maximum absolute atomic E-state index is 3.61. The molecule has 5 rings (SSSR count). The van der Waals surface area contributed by atoms with E-state index in [1.165, 1.54) is 57.2 Å². The fourth-order valence-corrected chi connectivity index (χ4v) is 6.01. The molecule has 0 spiro atoms. The standard InChI is InChI=1S/C19H26N2/c1-21-9-7-19-6-3-2-4-15(19)18(21)11-14-10-13-5-8-20-17(13)12-16(14)19/h10,12,15,18,20H,2-9,11H2,1H3. The number of rotatable bonds is 0. The van der Waals surface area contributed by atoms with E-state index in [4.69, 9.17) is 0 Å². The van der Waals surface area contributed by atoms with Crippen LogP contribution in [0.3, 0.4) is 0 Å². The van der Waals surface area contributed by atoms with Crippen LogP contribution in [0.15, 0.2) is 12.1 Å². The molecule has 3 atom stereocenters. The number of anilines is 1. The number of fused-ring (bicyclic) bond motifs is 2. The zero-order valence-electron chi connectivity index (χ0n) is 13.1. The third-order valence-electron chi connectivity index (χ3n) is 7.04. The Bertz CT molecular complexity index is 593. The van der Waals surface area contributed by atoms with Crippen molar-refractivity contribution >= 4 is 5.69 Å². The quantitative estimate of drug-likeness (QED) is 0.785. The Kier molecular flexibility index (Phi) is 2.54. The van der Waals surface area contributed by atoms with Gasteiger partial charge in [0.25, 0.3) is 0 Å². The first-order valence-corrected chi connectivity index (χ1v) is 8.88. The van der Waals surface area contributed by atoms with Crippen molar-refractivity contribution in [3.63, 3.8) is 0 Å². The summed E-state index contributed by atoms with van der Waals surface area (Å²) in [5.41, 5.74) is 6.96. The molecule has 4 aliphatic rings.